The average Bonchev–Trinajstić information content (AvgIpc) is 2.87. The van der Waals surface area contributed by atoms with Crippen LogP contribution >= 0.6 is 15.9 Å². The lowest BCUT2D eigenvalue weighted by atomic mass is 9.95. The number of benzene rings is 2. The van der Waals surface area contributed by atoms with Gasteiger partial charge in [0.2, 0.25) is 21.8 Å². The number of rotatable bonds is 11. The van der Waals surface area contributed by atoms with Crippen molar-refractivity contribution >= 4 is 43.5 Å². The molecule has 1 N–H and O–H groups in total. The van der Waals surface area contributed by atoms with Crippen LogP contribution in [0.3, 0.4) is 0 Å². The molecular formula is C27H36BrN3O5S. The van der Waals surface area contributed by atoms with Gasteiger partial charge in [0.25, 0.3) is 0 Å². The van der Waals surface area contributed by atoms with E-state index in [2.05, 4.69) is 21.2 Å². The zero-order valence-electron chi connectivity index (χ0n) is 21.7. The van der Waals surface area contributed by atoms with Crippen LogP contribution < -0.4 is 14.4 Å². The third-order valence-corrected chi connectivity index (χ3v) is 8.26. The number of ether oxygens (including phenoxy) is 1. The van der Waals surface area contributed by atoms with Crippen molar-refractivity contribution in [3.63, 3.8) is 0 Å². The van der Waals surface area contributed by atoms with Crippen molar-refractivity contribution in [2.24, 2.45) is 0 Å². The summed E-state index contributed by atoms with van der Waals surface area (Å²) < 4.78 is 32.4. The molecule has 1 saturated carbocycles. The van der Waals surface area contributed by atoms with E-state index < -0.39 is 28.5 Å². The van der Waals surface area contributed by atoms with Gasteiger partial charge in [0.1, 0.15) is 18.3 Å². The van der Waals surface area contributed by atoms with Crippen molar-refractivity contribution in [2.45, 2.75) is 64.1 Å². The summed E-state index contributed by atoms with van der Waals surface area (Å²) in [6.45, 7) is 1.61. The summed E-state index contributed by atoms with van der Waals surface area (Å²) in [6.07, 6.45) is 6.65. The van der Waals surface area contributed by atoms with Crippen molar-refractivity contribution in [3.05, 3.63) is 58.6 Å². The fourth-order valence-corrected chi connectivity index (χ4v) is 5.87. The second-order valence-electron chi connectivity index (χ2n) is 9.39. The van der Waals surface area contributed by atoms with Crippen LogP contribution in [0, 0.1) is 0 Å². The Labute approximate surface area is 228 Å². The smallest absolute Gasteiger partial charge is 0.244 e. The second kappa shape index (κ2) is 13.3. The molecule has 0 spiro atoms. The maximum Gasteiger partial charge on any atom is 0.244 e. The van der Waals surface area contributed by atoms with Crippen LogP contribution in [-0.2, 0) is 26.2 Å². The molecule has 0 aliphatic heterocycles. The third-order valence-electron chi connectivity index (χ3n) is 6.62. The fourth-order valence-electron chi connectivity index (χ4n) is 4.64. The summed E-state index contributed by atoms with van der Waals surface area (Å²) in [6, 6.07) is 13.4. The Morgan fingerprint density at radius 1 is 1.11 bits per heavy atom. The molecule has 0 aromatic heterocycles. The molecular weight excluding hydrogens is 558 g/mol. The van der Waals surface area contributed by atoms with E-state index in [1.54, 1.807) is 43.5 Å². The van der Waals surface area contributed by atoms with Gasteiger partial charge >= 0.3 is 0 Å². The number of nitrogens with zero attached hydrogens (tertiary/aromatic N) is 2. The van der Waals surface area contributed by atoms with Crippen molar-refractivity contribution in [1.82, 2.24) is 10.2 Å². The number of carbonyl (C=O) groups is 2. The molecule has 1 aliphatic carbocycles. The standard InChI is InChI=1S/C27H36BrN3O5S/c1-4-25(27(33)29-22-10-6-5-7-11-22)30(18-20-13-15-24(36-2)16-14-20)26(32)19-31(37(3,34)35)23-12-8-9-21(28)17-23/h8-9,12-17,22,25H,4-7,10-11,18-19H2,1-3H3,(H,29,33)/t25-/m0/s1. The molecule has 2 aromatic rings. The topological polar surface area (TPSA) is 96.0 Å². The lowest BCUT2D eigenvalue weighted by Gasteiger charge is -2.34. The maximum atomic E-state index is 13.8. The van der Waals surface area contributed by atoms with Crippen molar-refractivity contribution in [2.75, 3.05) is 24.2 Å². The number of hydrogen-bond acceptors (Lipinski definition) is 5. The van der Waals surface area contributed by atoms with E-state index >= 15 is 0 Å². The summed E-state index contributed by atoms with van der Waals surface area (Å²) in [7, 11) is -2.19. The Kier molecular flexibility index (Phi) is 10.4. The average molecular weight is 595 g/mol. The van der Waals surface area contributed by atoms with Gasteiger partial charge in [-0.1, -0.05) is 60.3 Å². The first-order valence-corrected chi connectivity index (χ1v) is 15.2. The van der Waals surface area contributed by atoms with Gasteiger partial charge in [-0.3, -0.25) is 13.9 Å². The maximum absolute atomic E-state index is 13.8. The van der Waals surface area contributed by atoms with Gasteiger partial charge in [0.05, 0.1) is 19.1 Å². The normalized spacial score (nSPS) is 15.0. The van der Waals surface area contributed by atoms with Gasteiger partial charge < -0.3 is 15.0 Å². The minimum absolute atomic E-state index is 0.0995. The Balaban J connectivity index is 1.91. The molecule has 1 fully saturated rings. The molecule has 1 aliphatic rings. The number of halogens is 1. The highest BCUT2D eigenvalue weighted by Crippen LogP contribution is 2.24. The van der Waals surface area contributed by atoms with E-state index in [9.17, 15) is 18.0 Å². The predicted molar refractivity (Wildman–Crippen MR) is 149 cm³/mol. The van der Waals surface area contributed by atoms with Gasteiger partial charge in [-0.15, -0.1) is 0 Å². The monoisotopic (exact) mass is 593 g/mol. The number of carbonyl (C=O) groups excluding carboxylic acids is 2. The number of sulfonamides is 1. The van der Waals surface area contributed by atoms with E-state index in [4.69, 9.17) is 4.74 Å². The van der Waals surface area contributed by atoms with Crippen LogP contribution in [0.5, 0.6) is 5.75 Å². The molecule has 2 amide bonds. The Hall–Kier alpha value is -2.59. The minimum atomic E-state index is -3.77. The highest BCUT2D eigenvalue weighted by Gasteiger charge is 2.32. The molecule has 0 unspecified atom stereocenters. The molecule has 1 atom stereocenters. The van der Waals surface area contributed by atoms with Crippen LogP contribution in [0.25, 0.3) is 0 Å². The zero-order chi connectivity index (χ0) is 27.0. The number of anilines is 1. The Bertz CT molecular complexity index is 1170. The number of amides is 2. The van der Waals surface area contributed by atoms with Crippen LogP contribution in [0.2, 0.25) is 0 Å². The third kappa shape index (κ3) is 8.20. The number of hydrogen-bond donors (Lipinski definition) is 1. The molecule has 0 bridgehead atoms. The highest BCUT2D eigenvalue weighted by atomic mass is 79.9. The summed E-state index contributed by atoms with van der Waals surface area (Å²) in [5.41, 5.74) is 1.18. The molecule has 8 nitrogen and oxygen atoms in total. The summed E-state index contributed by atoms with van der Waals surface area (Å²) >= 11 is 3.37. The lowest BCUT2D eigenvalue weighted by Crippen LogP contribution is -2.53. The van der Waals surface area contributed by atoms with Crippen LogP contribution in [0.4, 0.5) is 5.69 Å². The minimum Gasteiger partial charge on any atom is -0.497 e. The first-order valence-electron chi connectivity index (χ1n) is 12.6. The summed E-state index contributed by atoms with van der Waals surface area (Å²) in [4.78, 5) is 28.7. The fraction of sp³-hybridized carbons (Fsp3) is 0.481. The molecule has 2 aromatic carbocycles. The quantitative estimate of drug-likeness (QED) is 0.414. The molecule has 0 radical (unpaired) electrons. The predicted octanol–water partition coefficient (Wildman–Crippen LogP) is 4.48. The van der Waals surface area contributed by atoms with Gasteiger partial charge in [0, 0.05) is 17.1 Å². The van der Waals surface area contributed by atoms with E-state index in [0.717, 1.165) is 41.8 Å². The first kappa shape index (κ1) is 29.0. The van der Waals surface area contributed by atoms with E-state index in [0.29, 0.717) is 22.3 Å². The van der Waals surface area contributed by atoms with Gasteiger partial charge in [0.15, 0.2) is 0 Å². The van der Waals surface area contributed by atoms with Crippen molar-refractivity contribution < 1.29 is 22.7 Å². The molecule has 0 saturated heterocycles. The van der Waals surface area contributed by atoms with Crippen molar-refractivity contribution in [1.29, 1.82) is 0 Å². The van der Waals surface area contributed by atoms with Gasteiger partial charge in [-0.2, -0.15) is 0 Å². The van der Waals surface area contributed by atoms with Gasteiger partial charge in [-0.25, -0.2) is 8.42 Å². The van der Waals surface area contributed by atoms with Gasteiger partial charge in [-0.05, 0) is 55.2 Å². The zero-order valence-corrected chi connectivity index (χ0v) is 24.1. The number of nitrogens with one attached hydrogen (secondary N) is 1. The molecule has 202 valence electrons. The van der Waals surface area contributed by atoms with E-state index in [1.165, 1.54) is 11.3 Å². The van der Waals surface area contributed by atoms with Crippen molar-refractivity contribution in [3.8, 4) is 5.75 Å². The lowest BCUT2D eigenvalue weighted by molar-refractivity contribution is -0.140. The number of methoxy groups -OCH3 is 1. The summed E-state index contributed by atoms with van der Waals surface area (Å²) in [5.74, 6) is 0.0260. The molecule has 37 heavy (non-hydrogen) atoms. The van der Waals surface area contributed by atoms with E-state index in [-0.39, 0.29) is 18.5 Å². The van der Waals surface area contributed by atoms with Crippen LogP contribution in [0.1, 0.15) is 51.0 Å². The van der Waals surface area contributed by atoms with Crippen LogP contribution in [0.15, 0.2) is 53.0 Å². The second-order valence-corrected chi connectivity index (χ2v) is 12.2. The van der Waals surface area contributed by atoms with Crippen LogP contribution in [-0.4, -0.2) is 57.1 Å². The largest absolute Gasteiger partial charge is 0.497 e. The molecule has 3 rings (SSSR count). The Morgan fingerprint density at radius 2 is 1.78 bits per heavy atom. The first-order chi connectivity index (χ1) is 17.6. The molecule has 10 heteroatoms. The SMILES string of the molecule is CC[C@@H](C(=O)NC1CCCCC1)N(Cc1ccc(OC)cc1)C(=O)CN(c1cccc(Br)c1)S(C)(=O)=O. The molecule has 0 heterocycles. The summed E-state index contributed by atoms with van der Waals surface area (Å²) in [5, 5.41) is 3.14. The highest BCUT2D eigenvalue weighted by molar-refractivity contribution is 9.10. The van der Waals surface area contributed by atoms with E-state index in [1.807, 2.05) is 19.1 Å². The Morgan fingerprint density at radius 3 is 2.35 bits per heavy atom.